The lowest BCUT2D eigenvalue weighted by Gasteiger charge is -2.31. The molecule has 2 heterocycles. The summed E-state index contributed by atoms with van der Waals surface area (Å²) in [5, 5.41) is 7.37. The second-order valence-corrected chi connectivity index (χ2v) is 6.91. The zero-order valence-electron chi connectivity index (χ0n) is 15.9. The van der Waals surface area contributed by atoms with Crippen LogP contribution in [-0.2, 0) is 20.9 Å². The quantitative estimate of drug-likeness (QED) is 0.839. The number of ether oxygens (including phenoxy) is 1. The number of piperidine rings is 1. The van der Waals surface area contributed by atoms with E-state index in [4.69, 9.17) is 4.74 Å². The zero-order chi connectivity index (χ0) is 19.2. The zero-order valence-corrected chi connectivity index (χ0v) is 15.9. The molecule has 7 nitrogen and oxygen atoms in total. The molecule has 0 unspecified atom stereocenters. The number of rotatable bonds is 6. The number of nitrogens with zero attached hydrogens (tertiary/aromatic N) is 3. The number of aromatic nitrogens is 2. The molecular weight excluding hydrogens is 344 g/mol. The molecule has 1 saturated heterocycles. The summed E-state index contributed by atoms with van der Waals surface area (Å²) in [5.74, 6) is -0.256. The van der Waals surface area contributed by atoms with Crippen molar-refractivity contribution in [2.45, 2.75) is 26.3 Å². The van der Waals surface area contributed by atoms with Crippen molar-refractivity contribution in [3.63, 3.8) is 0 Å². The van der Waals surface area contributed by atoms with Crippen molar-refractivity contribution in [1.82, 2.24) is 20.0 Å². The minimum Gasteiger partial charge on any atom is -0.375 e. The van der Waals surface area contributed by atoms with Gasteiger partial charge in [0.15, 0.2) is 0 Å². The van der Waals surface area contributed by atoms with Crippen LogP contribution in [-0.4, -0.2) is 53.3 Å². The first-order valence-corrected chi connectivity index (χ1v) is 9.22. The third-order valence-corrected chi connectivity index (χ3v) is 4.88. The number of amides is 2. The molecule has 0 radical (unpaired) electrons. The predicted octanol–water partition coefficient (Wildman–Crippen LogP) is 1.68. The summed E-state index contributed by atoms with van der Waals surface area (Å²) in [6, 6.07) is 8.02. The van der Waals surface area contributed by atoms with E-state index in [1.807, 2.05) is 42.1 Å². The Morgan fingerprint density at radius 3 is 2.93 bits per heavy atom. The van der Waals surface area contributed by atoms with Crippen LogP contribution >= 0.6 is 0 Å². The number of carbonyl (C=O) groups excluding carboxylic acids is 2. The molecule has 1 aliphatic rings. The highest BCUT2D eigenvalue weighted by molar-refractivity contribution is 5.81. The number of aryl methyl sites for hydroxylation is 1. The summed E-state index contributed by atoms with van der Waals surface area (Å²) in [5.41, 5.74) is 3.10. The molecule has 0 bridgehead atoms. The summed E-state index contributed by atoms with van der Waals surface area (Å²) in [4.78, 5) is 26.2. The van der Waals surface area contributed by atoms with E-state index in [-0.39, 0.29) is 24.3 Å². The van der Waals surface area contributed by atoms with Crippen molar-refractivity contribution < 1.29 is 14.3 Å². The van der Waals surface area contributed by atoms with Gasteiger partial charge < -0.3 is 15.0 Å². The molecule has 1 aliphatic heterocycles. The van der Waals surface area contributed by atoms with Gasteiger partial charge in [-0.15, -0.1) is 0 Å². The molecule has 3 rings (SSSR count). The number of nitrogens with one attached hydrogen (secondary N) is 1. The first-order valence-electron chi connectivity index (χ1n) is 9.22. The SMILES string of the molecule is COCC(=O)N1CCC[C@H](C(=O)NCc2cnn(-c3ccccc3C)c2)C1. The van der Waals surface area contributed by atoms with Crippen LogP contribution in [0.15, 0.2) is 36.7 Å². The van der Waals surface area contributed by atoms with E-state index in [1.54, 1.807) is 11.1 Å². The average molecular weight is 370 g/mol. The van der Waals surface area contributed by atoms with E-state index in [9.17, 15) is 9.59 Å². The molecule has 1 aromatic carbocycles. The Labute approximate surface area is 159 Å². The van der Waals surface area contributed by atoms with Gasteiger partial charge in [-0.2, -0.15) is 5.10 Å². The van der Waals surface area contributed by atoms with Crippen molar-refractivity contribution in [2.75, 3.05) is 26.8 Å². The summed E-state index contributed by atoms with van der Waals surface area (Å²) < 4.78 is 6.73. The Hall–Kier alpha value is -2.67. The maximum atomic E-state index is 12.5. The van der Waals surface area contributed by atoms with Crippen molar-refractivity contribution >= 4 is 11.8 Å². The minimum atomic E-state index is -0.175. The van der Waals surface area contributed by atoms with Gasteiger partial charge in [-0.05, 0) is 31.4 Å². The van der Waals surface area contributed by atoms with Gasteiger partial charge in [0.05, 0.1) is 17.8 Å². The van der Waals surface area contributed by atoms with Gasteiger partial charge in [0.1, 0.15) is 6.61 Å². The van der Waals surface area contributed by atoms with E-state index in [0.29, 0.717) is 19.6 Å². The van der Waals surface area contributed by atoms with E-state index in [0.717, 1.165) is 29.7 Å². The fraction of sp³-hybridized carbons (Fsp3) is 0.450. The molecule has 1 atom stereocenters. The van der Waals surface area contributed by atoms with E-state index in [2.05, 4.69) is 10.4 Å². The summed E-state index contributed by atoms with van der Waals surface area (Å²) >= 11 is 0. The summed E-state index contributed by atoms with van der Waals surface area (Å²) in [6.45, 7) is 3.67. The number of hydrogen-bond donors (Lipinski definition) is 1. The topological polar surface area (TPSA) is 76.5 Å². The number of likely N-dealkylation sites (tertiary alicyclic amines) is 1. The van der Waals surface area contributed by atoms with Crippen LogP contribution < -0.4 is 5.32 Å². The minimum absolute atomic E-state index is 0.0199. The number of methoxy groups -OCH3 is 1. The van der Waals surface area contributed by atoms with E-state index >= 15 is 0 Å². The van der Waals surface area contributed by atoms with Crippen LogP contribution in [0, 0.1) is 12.8 Å². The van der Waals surface area contributed by atoms with E-state index in [1.165, 1.54) is 7.11 Å². The summed E-state index contributed by atoms with van der Waals surface area (Å²) in [6.07, 6.45) is 5.32. The van der Waals surface area contributed by atoms with E-state index < -0.39 is 0 Å². The second kappa shape index (κ2) is 8.81. The van der Waals surface area contributed by atoms with Crippen molar-refractivity contribution in [3.05, 3.63) is 47.8 Å². The Balaban J connectivity index is 1.55. The maximum absolute atomic E-state index is 12.5. The standard InChI is InChI=1S/C20H26N4O3/c1-15-6-3-4-8-18(15)24-12-16(11-22-24)10-21-20(26)17-7-5-9-23(13-17)19(25)14-27-2/h3-4,6,8,11-12,17H,5,7,9-10,13-14H2,1-2H3,(H,21,26)/t17-/m0/s1. The number of benzene rings is 1. The molecule has 7 heteroatoms. The lowest BCUT2D eigenvalue weighted by Crippen LogP contribution is -2.46. The molecule has 1 aromatic heterocycles. The van der Waals surface area contributed by atoms with Crippen molar-refractivity contribution in [1.29, 1.82) is 0 Å². The fourth-order valence-electron chi connectivity index (χ4n) is 3.37. The van der Waals surface area contributed by atoms with Gasteiger partial charge >= 0.3 is 0 Å². The highest BCUT2D eigenvalue weighted by Gasteiger charge is 2.28. The molecule has 0 aliphatic carbocycles. The monoisotopic (exact) mass is 370 g/mol. The van der Waals surface area contributed by atoms with Gasteiger partial charge in [0.25, 0.3) is 0 Å². The molecule has 2 aromatic rings. The summed E-state index contributed by atoms with van der Waals surface area (Å²) in [7, 11) is 1.50. The van der Waals surface area contributed by atoms with Crippen LogP contribution in [0.5, 0.6) is 0 Å². The van der Waals surface area contributed by atoms with Crippen molar-refractivity contribution in [2.24, 2.45) is 5.92 Å². The first-order chi connectivity index (χ1) is 13.1. The third kappa shape index (κ3) is 4.74. The van der Waals surface area contributed by atoms with Gasteiger partial charge in [-0.25, -0.2) is 4.68 Å². The number of hydrogen-bond acceptors (Lipinski definition) is 4. The Morgan fingerprint density at radius 1 is 1.33 bits per heavy atom. The van der Waals surface area contributed by atoms with Crippen LogP contribution in [0.25, 0.3) is 5.69 Å². The molecule has 27 heavy (non-hydrogen) atoms. The first kappa shape index (κ1) is 19.1. The number of para-hydroxylation sites is 1. The molecule has 1 N–H and O–H groups in total. The van der Waals surface area contributed by atoms with Crippen molar-refractivity contribution in [3.8, 4) is 5.69 Å². The highest BCUT2D eigenvalue weighted by atomic mass is 16.5. The van der Waals surface area contributed by atoms with Crippen LogP contribution in [0.4, 0.5) is 0 Å². The molecule has 0 saturated carbocycles. The predicted molar refractivity (Wildman–Crippen MR) is 101 cm³/mol. The highest BCUT2D eigenvalue weighted by Crippen LogP contribution is 2.17. The molecule has 1 fully saturated rings. The Kier molecular flexibility index (Phi) is 6.24. The van der Waals surface area contributed by atoms with Gasteiger partial charge in [-0.3, -0.25) is 9.59 Å². The smallest absolute Gasteiger partial charge is 0.248 e. The maximum Gasteiger partial charge on any atom is 0.248 e. The van der Waals surface area contributed by atoms with Crippen LogP contribution in [0.2, 0.25) is 0 Å². The van der Waals surface area contributed by atoms with Crippen LogP contribution in [0.3, 0.4) is 0 Å². The Morgan fingerprint density at radius 2 is 2.15 bits per heavy atom. The lowest BCUT2D eigenvalue weighted by molar-refractivity contribution is -0.139. The average Bonchev–Trinajstić information content (AvgIpc) is 3.15. The van der Waals surface area contributed by atoms with Gasteiger partial charge in [0.2, 0.25) is 11.8 Å². The van der Waals surface area contributed by atoms with Gasteiger partial charge in [0, 0.05) is 38.5 Å². The van der Waals surface area contributed by atoms with Crippen LogP contribution in [0.1, 0.15) is 24.0 Å². The molecular formula is C20H26N4O3. The fourth-order valence-corrected chi connectivity index (χ4v) is 3.37. The van der Waals surface area contributed by atoms with Gasteiger partial charge in [-0.1, -0.05) is 18.2 Å². The Bertz CT molecular complexity index is 802. The largest absolute Gasteiger partial charge is 0.375 e. The second-order valence-electron chi connectivity index (χ2n) is 6.91. The normalized spacial score (nSPS) is 17.0. The lowest BCUT2D eigenvalue weighted by atomic mass is 9.97. The molecule has 0 spiro atoms. The third-order valence-electron chi connectivity index (χ3n) is 4.88. The number of carbonyl (C=O) groups is 2. The molecule has 144 valence electrons. The molecule has 2 amide bonds.